The highest BCUT2D eigenvalue weighted by Gasteiger charge is 2.32. The lowest BCUT2D eigenvalue weighted by molar-refractivity contribution is -0.119. The van der Waals surface area contributed by atoms with Gasteiger partial charge in [0.1, 0.15) is 10.6 Å². The smallest absolute Gasteiger partial charge is 0.356 e. The van der Waals surface area contributed by atoms with E-state index in [1.165, 1.54) is 21.1 Å². The Morgan fingerprint density at radius 2 is 1.82 bits per heavy atom. The number of rotatable bonds is 9. The van der Waals surface area contributed by atoms with Crippen molar-refractivity contribution in [3.63, 3.8) is 0 Å². The van der Waals surface area contributed by atoms with E-state index in [2.05, 4.69) is 10.4 Å². The number of amides is 1. The number of sulfonamides is 1. The topological polar surface area (TPSA) is 140 Å². The van der Waals surface area contributed by atoms with Crippen molar-refractivity contribution in [1.29, 1.82) is 0 Å². The van der Waals surface area contributed by atoms with Crippen LogP contribution in [0, 0.1) is 26.7 Å². The molecule has 2 heterocycles. The molecule has 1 fully saturated rings. The molecule has 0 radical (unpaired) electrons. The van der Waals surface area contributed by atoms with Crippen molar-refractivity contribution < 1.29 is 32.6 Å². The van der Waals surface area contributed by atoms with Gasteiger partial charge in [0.15, 0.2) is 5.69 Å². The minimum absolute atomic E-state index is 0.0287. The molecule has 1 aliphatic rings. The number of carboxylic acids is 1. The van der Waals surface area contributed by atoms with Gasteiger partial charge in [0.2, 0.25) is 21.8 Å². The highest BCUT2D eigenvalue weighted by Crippen LogP contribution is 2.37. The number of aromatic carboxylic acids is 1. The standard InChI is InChI=1S/C28H34N4O7S/c1-6-18(3)26(33)29-21-8-10-23(24(16-21)40(36,37)31-11-13-38-14-12-31)39-27-20(5)25(28(34)35)30-32(27)22-9-7-17(2)15-19(22)4/h7-10,15-16,18H,6,11-14H2,1-5H3,(H,29,33)(H,34,35)/t18-/m1/s1. The number of aromatic nitrogens is 2. The maximum atomic E-state index is 13.8. The molecule has 4 rings (SSSR count). The second-order valence-corrected chi connectivity index (χ2v) is 11.8. The maximum Gasteiger partial charge on any atom is 0.356 e. The number of hydrogen-bond acceptors (Lipinski definition) is 7. The fourth-order valence-electron chi connectivity index (χ4n) is 4.36. The Balaban J connectivity index is 1.86. The van der Waals surface area contributed by atoms with Crippen molar-refractivity contribution >= 4 is 27.6 Å². The van der Waals surface area contributed by atoms with E-state index in [0.717, 1.165) is 11.1 Å². The zero-order valence-corrected chi connectivity index (χ0v) is 24.0. The zero-order chi connectivity index (χ0) is 29.2. The number of nitrogens with one attached hydrogen (secondary N) is 1. The molecule has 2 N–H and O–H groups in total. The Morgan fingerprint density at radius 1 is 1.12 bits per heavy atom. The monoisotopic (exact) mass is 570 g/mol. The molecule has 2 aromatic carbocycles. The summed E-state index contributed by atoms with van der Waals surface area (Å²) in [6.07, 6.45) is 0.625. The van der Waals surface area contributed by atoms with E-state index in [1.54, 1.807) is 26.0 Å². The Kier molecular flexibility index (Phi) is 8.62. The number of ether oxygens (including phenoxy) is 2. The summed E-state index contributed by atoms with van der Waals surface area (Å²) in [4.78, 5) is 24.4. The third-order valence-electron chi connectivity index (χ3n) is 6.92. The second-order valence-electron chi connectivity index (χ2n) is 9.86. The predicted molar refractivity (Wildman–Crippen MR) is 149 cm³/mol. The molecule has 3 aromatic rings. The minimum Gasteiger partial charge on any atom is -0.476 e. The summed E-state index contributed by atoms with van der Waals surface area (Å²) >= 11 is 0. The van der Waals surface area contributed by atoms with Crippen molar-refractivity contribution in [2.24, 2.45) is 5.92 Å². The van der Waals surface area contributed by atoms with Crippen LogP contribution in [-0.2, 0) is 19.6 Å². The van der Waals surface area contributed by atoms with Crippen LogP contribution in [0.1, 0.15) is 47.4 Å². The lowest BCUT2D eigenvalue weighted by Gasteiger charge is -2.27. The predicted octanol–water partition coefficient (Wildman–Crippen LogP) is 4.29. The summed E-state index contributed by atoms with van der Waals surface area (Å²) in [5, 5.41) is 16.9. The van der Waals surface area contributed by atoms with Gasteiger partial charge in [-0.15, -0.1) is 0 Å². The molecule has 1 atom stereocenters. The summed E-state index contributed by atoms with van der Waals surface area (Å²) in [6.45, 7) is 9.87. The van der Waals surface area contributed by atoms with Gasteiger partial charge >= 0.3 is 5.97 Å². The van der Waals surface area contributed by atoms with Crippen molar-refractivity contribution in [1.82, 2.24) is 14.1 Å². The highest BCUT2D eigenvalue weighted by atomic mass is 32.2. The lowest BCUT2D eigenvalue weighted by Crippen LogP contribution is -2.40. The van der Waals surface area contributed by atoms with Crippen LogP contribution >= 0.6 is 0 Å². The first-order valence-corrected chi connectivity index (χ1v) is 14.5. The fourth-order valence-corrected chi connectivity index (χ4v) is 5.91. The Bertz CT molecular complexity index is 1540. The van der Waals surface area contributed by atoms with Crippen LogP contribution in [0.5, 0.6) is 11.6 Å². The molecule has 0 unspecified atom stereocenters. The molecule has 1 saturated heterocycles. The quantitative estimate of drug-likeness (QED) is 0.388. The normalized spacial score (nSPS) is 15.0. The first-order chi connectivity index (χ1) is 18.9. The fraction of sp³-hybridized carbons (Fsp3) is 0.393. The highest BCUT2D eigenvalue weighted by molar-refractivity contribution is 7.89. The van der Waals surface area contributed by atoms with Gasteiger partial charge < -0.3 is 19.9 Å². The molecule has 0 aliphatic carbocycles. The van der Waals surface area contributed by atoms with Gasteiger partial charge in [0, 0.05) is 30.3 Å². The number of carboxylic acid groups (broad SMARTS) is 1. The van der Waals surface area contributed by atoms with Crippen LogP contribution in [-0.4, -0.2) is 65.8 Å². The van der Waals surface area contributed by atoms with E-state index in [4.69, 9.17) is 9.47 Å². The third-order valence-corrected chi connectivity index (χ3v) is 8.84. The average molecular weight is 571 g/mol. The second kappa shape index (κ2) is 11.8. The first-order valence-electron chi connectivity index (χ1n) is 13.0. The van der Waals surface area contributed by atoms with Crippen molar-refractivity contribution in [2.45, 2.75) is 45.9 Å². The number of carbonyl (C=O) groups excluding carboxylic acids is 1. The lowest BCUT2D eigenvalue weighted by atomic mass is 10.1. The SMILES string of the molecule is CC[C@@H](C)C(=O)Nc1ccc(Oc2c(C)c(C(=O)O)nn2-c2ccc(C)cc2C)c(S(=O)(=O)N2CCOCC2)c1. The molecular formula is C28H34N4O7S. The Labute approximate surface area is 233 Å². The zero-order valence-electron chi connectivity index (χ0n) is 23.2. The minimum atomic E-state index is -4.08. The van der Waals surface area contributed by atoms with Gasteiger partial charge in [-0.1, -0.05) is 31.5 Å². The molecule has 1 amide bonds. The van der Waals surface area contributed by atoms with E-state index in [-0.39, 0.29) is 65.9 Å². The van der Waals surface area contributed by atoms with Crippen LogP contribution in [0.4, 0.5) is 5.69 Å². The number of morpholine rings is 1. The molecule has 1 aromatic heterocycles. The van der Waals surface area contributed by atoms with E-state index in [0.29, 0.717) is 17.8 Å². The van der Waals surface area contributed by atoms with Gasteiger partial charge in [-0.25, -0.2) is 13.2 Å². The molecular weight excluding hydrogens is 536 g/mol. The number of nitrogens with zero attached hydrogens (tertiary/aromatic N) is 3. The van der Waals surface area contributed by atoms with E-state index in [9.17, 15) is 23.1 Å². The van der Waals surface area contributed by atoms with Crippen LogP contribution < -0.4 is 10.1 Å². The molecule has 0 spiro atoms. The molecule has 1 aliphatic heterocycles. The molecule has 0 saturated carbocycles. The summed E-state index contributed by atoms with van der Waals surface area (Å²) in [6, 6.07) is 9.98. The van der Waals surface area contributed by atoms with Crippen molar-refractivity contribution in [3.05, 3.63) is 58.8 Å². The van der Waals surface area contributed by atoms with E-state index >= 15 is 0 Å². The van der Waals surface area contributed by atoms with Crippen molar-refractivity contribution in [2.75, 3.05) is 31.6 Å². The van der Waals surface area contributed by atoms with Crippen LogP contribution in [0.3, 0.4) is 0 Å². The van der Waals surface area contributed by atoms with Crippen LogP contribution in [0.25, 0.3) is 5.69 Å². The van der Waals surface area contributed by atoms with Gasteiger partial charge in [0.25, 0.3) is 0 Å². The van der Waals surface area contributed by atoms with Gasteiger partial charge in [0.05, 0.1) is 18.9 Å². The third kappa shape index (κ3) is 5.88. The van der Waals surface area contributed by atoms with Crippen LogP contribution in [0.15, 0.2) is 41.3 Å². The molecule has 40 heavy (non-hydrogen) atoms. The number of carbonyl (C=O) groups is 2. The molecule has 214 valence electrons. The van der Waals surface area contributed by atoms with E-state index < -0.39 is 16.0 Å². The molecule has 12 heteroatoms. The summed E-state index contributed by atoms with van der Waals surface area (Å²) in [7, 11) is -4.08. The van der Waals surface area contributed by atoms with Crippen molar-refractivity contribution in [3.8, 4) is 17.3 Å². The first kappa shape index (κ1) is 29.2. The summed E-state index contributed by atoms with van der Waals surface area (Å²) < 4.78 is 41.9. The maximum absolute atomic E-state index is 13.8. The summed E-state index contributed by atoms with van der Waals surface area (Å²) in [5.41, 5.74) is 2.75. The average Bonchev–Trinajstić information content (AvgIpc) is 3.25. The molecule has 0 bridgehead atoms. The van der Waals surface area contributed by atoms with E-state index in [1.807, 2.05) is 32.9 Å². The number of hydrogen-bond donors (Lipinski definition) is 2. The number of benzene rings is 2. The number of aryl methyl sites for hydroxylation is 2. The van der Waals surface area contributed by atoms with Gasteiger partial charge in [-0.3, -0.25) is 4.79 Å². The summed E-state index contributed by atoms with van der Waals surface area (Å²) in [5.74, 6) is -1.70. The largest absolute Gasteiger partial charge is 0.476 e. The Hall–Kier alpha value is -3.74. The number of anilines is 1. The Morgan fingerprint density at radius 3 is 2.45 bits per heavy atom. The van der Waals surface area contributed by atoms with Gasteiger partial charge in [-0.05, 0) is 57.0 Å². The van der Waals surface area contributed by atoms with Gasteiger partial charge in [-0.2, -0.15) is 14.1 Å². The molecule has 11 nitrogen and oxygen atoms in total. The van der Waals surface area contributed by atoms with Crippen LogP contribution in [0.2, 0.25) is 0 Å².